The van der Waals surface area contributed by atoms with Crippen molar-refractivity contribution in [1.29, 1.82) is 0 Å². The number of fused-ring (bicyclic) bond motifs is 2. The van der Waals surface area contributed by atoms with Crippen LogP contribution in [-0.4, -0.2) is 63.3 Å². The minimum absolute atomic E-state index is 0.184. The summed E-state index contributed by atoms with van der Waals surface area (Å²) in [6.45, 7) is 4.62. The molecule has 5 aromatic rings. The fourth-order valence-corrected chi connectivity index (χ4v) is 6.70. The van der Waals surface area contributed by atoms with Gasteiger partial charge in [-0.15, -0.1) is 11.3 Å². The van der Waals surface area contributed by atoms with Gasteiger partial charge in [0.05, 0.1) is 53.1 Å². The van der Waals surface area contributed by atoms with Gasteiger partial charge in [0.15, 0.2) is 0 Å². The maximum atomic E-state index is 12.2. The lowest BCUT2D eigenvalue weighted by Gasteiger charge is -2.32. The molecule has 10 heteroatoms. The standard InChI is InChI=1S/C32H33N5O4S/c1-39-32(38)22-9-10-25-27(17-22)37(18-23-13-16-40-23)29(33-25)19-36-14-11-21(12-15-36)24-6-4-8-30(34-24)41-20-31-35-26-5-2-3-7-28(26)42-31/h2-10,17,21,23H,11-16,18-20H2,1H3. The monoisotopic (exact) mass is 583 g/mol. The van der Waals surface area contributed by atoms with Crippen LogP contribution >= 0.6 is 11.3 Å². The molecule has 3 aromatic heterocycles. The van der Waals surface area contributed by atoms with Crippen LogP contribution in [0, 0.1) is 0 Å². The zero-order valence-electron chi connectivity index (χ0n) is 23.6. The molecule has 0 amide bonds. The van der Waals surface area contributed by atoms with Crippen molar-refractivity contribution >= 4 is 38.6 Å². The van der Waals surface area contributed by atoms with Crippen LogP contribution in [0.15, 0.2) is 60.7 Å². The minimum Gasteiger partial charge on any atom is -0.470 e. The molecular weight excluding hydrogens is 550 g/mol. The van der Waals surface area contributed by atoms with E-state index in [4.69, 9.17) is 24.2 Å². The molecule has 0 aliphatic carbocycles. The number of rotatable bonds is 9. The van der Waals surface area contributed by atoms with Gasteiger partial charge in [-0.05, 0) is 68.8 Å². The molecule has 2 aliphatic heterocycles. The lowest BCUT2D eigenvalue weighted by atomic mass is 9.93. The second-order valence-electron chi connectivity index (χ2n) is 10.9. The van der Waals surface area contributed by atoms with Crippen molar-refractivity contribution in [3.05, 3.63) is 82.8 Å². The van der Waals surface area contributed by atoms with E-state index < -0.39 is 0 Å². The molecule has 0 N–H and O–H groups in total. The third kappa shape index (κ3) is 5.62. The predicted octanol–water partition coefficient (Wildman–Crippen LogP) is 5.58. The van der Waals surface area contributed by atoms with Crippen molar-refractivity contribution in [2.24, 2.45) is 0 Å². The van der Waals surface area contributed by atoms with E-state index in [1.54, 1.807) is 17.4 Å². The number of pyridine rings is 1. The second-order valence-corrected chi connectivity index (χ2v) is 12.0. The third-order valence-electron chi connectivity index (χ3n) is 8.23. The topological polar surface area (TPSA) is 91.6 Å². The Morgan fingerprint density at radius 2 is 1.86 bits per heavy atom. The van der Waals surface area contributed by atoms with Gasteiger partial charge in [0.2, 0.25) is 5.88 Å². The van der Waals surface area contributed by atoms with Gasteiger partial charge in [-0.2, -0.15) is 0 Å². The van der Waals surface area contributed by atoms with Crippen LogP contribution in [0.3, 0.4) is 0 Å². The first-order valence-electron chi connectivity index (χ1n) is 14.5. The molecular formula is C32H33N5O4S. The van der Waals surface area contributed by atoms with Crippen LogP contribution in [-0.2, 0) is 29.2 Å². The fraction of sp³-hybridized carbons (Fsp3) is 0.375. The van der Waals surface area contributed by atoms with Gasteiger partial charge >= 0.3 is 5.97 Å². The highest BCUT2D eigenvalue weighted by Crippen LogP contribution is 2.30. The summed E-state index contributed by atoms with van der Waals surface area (Å²) >= 11 is 1.66. The van der Waals surface area contributed by atoms with E-state index in [2.05, 4.69) is 26.6 Å². The lowest BCUT2D eigenvalue weighted by Crippen LogP contribution is -2.35. The van der Waals surface area contributed by atoms with E-state index in [0.29, 0.717) is 24.0 Å². The maximum absolute atomic E-state index is 12.2. The third-order valence-corrected chi connectivity index (χ3v) is 9.24. The number of likely N-dealkylation sites (tertiary alicyclic amines) is 1. The van der Waals surface area contributed by atoms with E-state index in [1.165, 1.54) is 11.8 Å². The van der Waals surface area contributed by atoms with Crippen LogP contribution in [0.1, 0.15) is 52.1 Å². The Labute approximate surface area is 248 Å². The van der Waals surface area contributed by atoms with Crippen molar-refractivity contribution < 1.29 is 19.0 Å². The van der Waals surface area contributed by atoms with Gasteiger partial charge in [-0.1, -0.05) is 18.2 Å². The molecule has 1 unspecified atom stereocenters. The van der Waals surface area contributed by atoms with Crippen LogP contribution < -0.4 is 4.74 Å². The number of aromatic nitrogens is 4. The summed E-state index contributed by atoms with van der Waals surface area (Å²) in [5.41, 5.74) is 4.46. The highest BCUT2D eigenvalue weighted by Gasteiger charge is 2.26. The maximum Gasteiger partial charge on any atom is 0.337 e. The Kier molecular flexibility index (Phi) is 7.58. The number of methoxy groups -OCH3 is 1. The van der Waals surface area contributed by atoms with Crippen molar-refractivity contribution in [2.75, 3.05) is 26.8 Å². The molecule has 7 rings (SSSR count). The zero-order chi connectivity index (χ0) is 28.5. The van der Waals surface area contributed by atoms with E-state index in [9.17, 15) is 4.79 Å². The van der Waals surface area contributed by atoms with Crippen LogP contribution in [0.5, 0.6) is 5.88 Å². The molecule has 2 saturated heterocycles. The number of ether oxygens (including phenoxy) is 3. The first kappa shape index (κ1) is 27.0. The molecule has 0 bridgehead atoms. The number of thiazole rings is 1. The number of benzene rings is 2. The molecule has 0 radical (unpaired) electrons. The number of carbonyl (C=O) groups is 1. The Morgan fingerprint density at radius 3 is 2.64 bits per heavy atom. The number of imidazole rings is 1. The Morgan fingerprint density at radius 1 is 1.00 bits per heavy atom. The molecule has 42 heavy (non-hydrogen) atoms. The summed E-state index contributed by atoms with van der Waals surface area (Å²) in [5.74, 6) is 1.70. The Bertz CT molecular complexity index is 1690. The number of piperidine rings is 1. The van der Waals surface area contributed by atoms with Gasteiger partial charge in [0, 0.05) is 24.3 Å². The number of esters is 1. The minimum atomic E-state index is -0.340. The van der Waals surface area contributed by atoms with Gasteiger partial charge in [-0.3, -0.25) is 4.90 Å². The normalized spacial score (nSPS) is 17.9. The fourth-order valence-electron chi connectivity index (χ4n) is 5.82. The van der Waals surface area contributed by atoms with Crippen LogP contribution in [0.4, 0.5) is 0 Å². The van der Waals surface area contributed by atoms with Gasteiger partial charge in [-0.25, -0.2) is 19.7 Å². The number of hydrogen-bond acceptors (Lipinski definition) is 9. The average molecular weight is 584 g/mol. The molecule has 1 atom stereocenters. The Balaban J connectivity index is 1.01. The van der Waals surface area contributed by atoms with Gasteiger partial charge in [0.1, 0.15) is 17.4 Å². The number of para-hydroxylation sites is 1. The zero-order valence-corrected chi connectivity index (χ0v) is 24.4. The van der Waals surface area contributed by atoms with E-state index in [1.807, 2.05) is 42.5 Å². The molecule has 9 nitrogen and oxygen atoms in total. The lowest BCUT2D eigenvalue weighted by molar-refractivity contribution is -0.0592. The predicted molar refractivity (Wildman–Crippen MR) is 161 cm³/mol. The first-order valence-corrected chi connectivity index (χ1v) is 15.3. The molecule has 5 heterocycles. The molecule has 2 aromatic carbocycles. The van der Waals surface area contributed by atoms with Crippen LogP contribution in [0.25, 0.3) is 21.3 Å². The van der Waals surface area contributed by atoms with E-state index >= 15 is 0 Å². The summed E-state index contributed by atoms with van der Waals surface area (Å²) in [7, 11) is 1.41. The average Bonchev–Trinajstić information content (AvgIpc) is 3.58. The highest BCUT2D eigenvalue weighted by molar-refractivity contribution is 7.18. The van der Waals surface area contributed by atoms with Crippen molar-refractivity contribution in [3.8, 4) is 5.88 Å². The SMILES string of the molecule is COC(=O)c1ccc2nc(CN3CCC(c4cccc(OCc5nc6ccccc6s5)n4)CC3)n(CC3CCO3)c2c1. The second kappa shape index (κ2) is 11.8. The molecule has 2 aliphatic rings. The summed E-state index contributed by atoms with van der Waals surface area (Å²) in [6, 6.07) is 19.8. The van der Waals surface area contributed by atoms with Crippen molar-refractivity contribution in [2.45, 2.75) is 51.0 Å². The summed E-state index contributed by atoms with van der Waals surface area (Å²) in [6.07, 6.45) is 3.26. The van der Waals surface area contributed by atoms with Crippen molar-refractivity contribution in [3.63, 3.8) is 0 Å². The Hall–Kier alpha value is -3.86. The van der Waals surface area contributed by atoms with E-state index in [0.717, 1.165) is 85.1 Å². The summed E-state index contributed by atoms with van der Waals surface area (Å²) < 4.78 is 20.1. The van der Waals surface area contributed by atoms with E-state index in [-0.39, 0.29) is 12.1 Å². The molecule has 0 spiro atoms. The number of hydrogen-bond donors (Lipinski definition) is 0. The van der Waals surface area contributed by atoms with Gasteiger partial charge in [0.25, 0.3) is 0 Å². The summed E-state index contributed by atoms with van der Waals surface area (Å²) in [5, 5.41) is 0.952. The smallest absolute Gasteiger partial charge is 0.337 e. The molecule has 216 valence electrons. The van der Waals surface area contributed by atoms with Crippen molar-refractivity contribution in [1.82, 2.24) is 24.4 Å². The quantitative estimate of drug-likeness (QED) is 0.208. The number of nitrogens with zero attached hydrogens (tertiary/aromatic N) is 5. The molecule has 0 saturated carbocycles. The number of carbonyl (C=O) groups excluding carboxylic acids is 1. The van der Waals surface area contributed by atoms with Crippen LogP contribution in [0.2, 0.25) is 0 Å². The molecule has 2 fully saturated rings. The van der Waals surface area contributed by atoms with Gasteiger partial charge < -0.3 is 18.8 Å². The first-order chi connectivity index (χ1) is 20.6. The largest absolute Gasteiger partial charge is 0.470 e. The summed E-state index contributed by atoms with van der Waals surface area (Å²) in [4.78, 5) is 29.2. The highest BCUT2D eigenvalue weighted by atomic mass is 32.1.